The van der Waals surface area contributed by atoms with Crippen molar-refractivity contribution in [3.05, 3.63) is 77.7 Å². The van der Waals surface area contributed by atoms with Gasteiger partial charge in [-0.1, -0.05) is 18.7 Å². The molecule has 0 bridgehead atoms. The summed E-state index contributed by atoms with van der Waals surface area (Å²) in [5.74, 6) is 2.90. The molecule has 0 spiro atoms. The minimum atomic E-state index is 0.497. The Kier molecular flexibility index (Phi) is 6.34. The van der Waals surface area contributed by atoms with E-state index in [2.05, 4.69) is 32.3 Å². The topological polar surface area (TPSA) is 104 Å². The fourth-order valence-electron chi connectivity index (χ4n) is 5.86. The van der Waals surface area contributed by atoms with Gasteiger partial charge in [-0.3, -0.25) is 10.4 Å². The summed E-state index contributed by atoms with van der Waals surface area (Å²) >= 11 is 0. The van der Waals surface area contributed by atoms with E-state index in [-0.39, 0.29) is 0 Å². The summed E-state index contributed by atoms with van der Waals surface area (Å²) in [6.07, 6.45) is 19.7. The van der Waals surface area contributed by atoms with E-state index in [1.54, 1.807) is 12.4 Å². The second-order valence-corrected chi connectivity index (χ2v) is 10.2. The summed E-state index contributed by atoms with van der Waals surface area (Å²) in [6, 6.07) is 0.497. The number of nitrogens with zero attached hydrogens (tertiary/aromatic N) is 5. The van der Waals surface area contributed by atoms with Crippen molar-refractivity contribution in [2.45, 2.75) is 44.6 Å². The molecule has 1 aliphatic carbocycles. The van der Waals surface area contributed by atoms with Gasteiger partial charge in [-0.05, 0) is 80.8 Å². The lowest BCUT2D eigenvalue weighted by molar-refractivity contribution is 0.360. The molecule has 8 heteroatoms. The first kappa shape index (κ1) is 23.6. The number of rotatable bonds is 5. The molecule has 2 saturated heterocycles. The predicted octanol–water partition coefficient (Wildman–Crippen LogP) is 3.92. The average molecular weight is 495 g/mol. The average Bonchev–Trinajstić information content (AvgIpc) is 3.67. The fourth-order valence-corrected chi connectivity index (χ4v) is 5.86. The minimum absolute atomic E-state index is 0.497. The number of piperidine rings is 1. The molecule has 37 heavy (non-hydrogen) atoms. The molecule has 2 unspecified atom stereocenters. The van der Waals surface area contributed by atoms with Gasteiger partial charge in [0.1, 0.15) is 5.82 Å². The first-order valence-corrected chi connectivity index (χ1v) is 13.3. The van der Waals surface area contributed by atoms with Gasteiger partial charge in [-0.15, -0.1) is 0 Å². The van der Waals surface area contributed by atoms with Gasteiger partial charge in [-0.2, -0.15) is 5.10 Å². The molecule has 2 aromatic heterocycles. The molecule has 0 amide bonds. The third-order valence-corrected chi connectivity index (χ3v) is 7.86. The Morgan fingerprint density at radius 2 is 2.08 bits per heavy atom. The highest BCUT2D eigenvalue weighted by Gasteiger charge is 2.38. The lowest BCUT2D eigenvalue weighted by Gasteiger charge is -2.34. The highest BCUT2D eigenvalue weighted by Crippen LogP contribution is 2.46. The van der Waals surface area contributed by atoms with Gasteiger partial charge in [0.15, 0.2) is 5.82 Å². The molecule has 5 heterocycles. The maximum atomic E-state index is 5.89. The van der Waals surface area contributed by atoms with Crippen molar-refractivity contribution in [1.82, 2.24) is 25.7 Å². The number of hydrogen-bond acceptors (Lipinski definition) is 8. The van der Waals surface area contributed by atoms with Gasteiger partial charge in [0, 0.05) is 47.7 Å². The quantitative estimate of drug-likeness (QED) is 0.541. The number of fused-ring (bicyclic) bond motifs is 2. The number of hydrogen-bond donors (Lipinski definition) is 3. The van der Waals surface area contributed by atoms with Crippen LogP contribution in [0.1, 0.15) is 49.9 Å². The van der Waals surface area contributed by atoms with E-state index in [9.17, 15) is 0 Å². The van der Waals surface area contributed by atoms with E-state index >= 15 is 0 Å². The van der Waals surface area contributed by atoms with Crippen LogP contribution in [0.3, 0.4) is 0 Å². The molecule has 1 saturated carbocycles. The zero-order valence-electron chi connectivity index (χ0n) is 21.3. The number of aromatic nitrogens is 3. The largest absolute Gasteiger partial charge is 0.404 e. The van der Waals surface area contributed by atoms with Gasteiger partial charge < -0.3 is 16.0 Å². The Morgan fingerprint density at radius 3 is 2.89 bits per heavy atom. The van der Waals surface area contributed by atoms with Crippen LogP contribution in [0.4, 0.5) is 5.82 Å². The van der Waals surface area contributed by atoms with E-state index in [4.69, 9.17) is 15.7 Å². The molecule has 3 aliphatic heterocycles. The Morgan fingerprint density at radius 1 is 1.19 bits per heavy atom. The van der Waals surface area contributed by atoms with E-state index in [1.807, 2.05) is 43.6 Å². The number of pyridine rings is 1. The summed E-state index contributed by atoms with van der Waals surface area (Å²) in [6.45, 7) is 9.47. The number of hydrazone groups is 1. The van der Waals surface area contributed by atoms with Crippen LogP contribution in [0, 0.1) is 5.92 Å². The molecule has 4 aliphatic rings. The highest BCUT2D eigenvalue weighted by atomic mass is 15.3. The van der Waals surface area contributed by atoms with Crippen LogP contribution in [-0.4, -0.2) is 46.8 Å². The third kappa shape index (κ3) is 4.46. The summed E-state index contributed by atoms with van der Waals surface area (Å²) in [4.78, 5) is 17.5. The van der Waals surface area contributed by atoms with Crippen LogP contribution in [0.5, 0.6) is 0 Å². The summed E-state index contributed by atoms with van der Waals surface area (Å²) < 4.78 is 0. The van der Waals surface area contributed by atoms with Crippen LogP contribution < -0.4 is 21.4 Å². The maximum absolute atomic E-state index is 5.89. The number of nitrogens with one attached hydrogen (secondary N) is 2. The van der Waals surface area contributed by atoms with Crippen LogP contribution in [0.2, 0.25) is 0 Å². The highest BCUT2D eigenvalue weighted by molar-refractivity contribution is 5.97. The maximum Gasteiger partial charge on any atom is 0.162 e. The van der Waals surface area contributed by atoms with Crippen molar-refractivity contribution in [2.75, 3.05) is 24.5 Å². The monoisotopic (exact) mass is 494 g/mol. The summed E-state index contributed by atoms with van der Waals surface area (Å²) in [7, 11) is 0. The SMILES string of the molecule is C=C1/C=C(C(/C=C\C)=C/N)\N/N=C\C=C/1c1nc(N2CCC3CNCCC32)c2c(C3CC3)cncc2n1. The van der Waals surface area contributed by atoms with Crippen molar-refractivity contribution in [3.8, 4) is 0 Å². The number of nitrogens with two attached hydrogens (primary N) is 1. The van der Waals surface area contributed by atoms with Gasteiger partial charge in [0.2, 0.25) is 0 Å². The van der Waals surface area contributed by atoms with Crippen molar-refractivity contribution in [1.29, 1.82) is 0 Å². The zero-order valence-corrected chi connectivity index (χ0v) is 21.3. The van der Waals surface area contributed by atoms with Gasteiger partial charge in [0.05, 0.1) is 17.4 Å². The molecule has 0 aromatic carbocycles. The molecular formula is C29H34N8. The van der Waals surface area contributed by atoms with E-state index in [0.717, 1.165) is 59.8 Å². The molecule has 2 atom stereocenters. The van der Waals surface area contributed by atoms with Crippen LogP contribution in [0.15, 0.2) is 71.4 Å². The van der Waals surface area contributed by atoms with Crippen molar-refractivity contribution < 1.29 is 0 Å². The normalized spacial score (nSPS) is 28.2. The van der Waals surface area contributed by atoms with E-state index in [0.29, 0.717) is 23.7 Å². The number of allylic oxidation sites excluding steroid dienone is 6. The van der Waals surface area contributed by atoms with E-state index < -0.39 is 0 Å². The Bertz CT molecular complexity index is 1380. The molecule has 2 aromatic rings. The molecule has 6 rings (SSSR count). The van der Waals surface area contributed by atoms with Crippen LogP contribution in [0.25, 0.3) is 16.5 Å². The first-order valence-electron chi connectivity index (χ1n) is 13.3. The third-order valence-electron chi connectivity index (χ3n) is 7.86. The minimum Gasteiger partial charge on any atom is -0.404 e. The molecule has 4 N–H and O–H groups in total. The standard InChI is InChI=1S/C29H34N8/c1-3-4-20(14-30)24-13-18(2)22(7-11-33-36-24)28-34-25-17-32-16-23(19-5-6-19)27(25)29(35-28)37-12-9-21-15-31-10-8-26(21)37/h3-4,7,11,13-14,16-17,19,21,26,31,36H,2,5-6,8-10,12,15,30H2,1H3/b4-3-,20-14+,22-7+,24-13-,33-11-. The van der Waals surface area contributed by atoms with Gasteiger partial charge >= 0.3 is 0 Å². The van der Waals surface area contributed by atoms with Gasteiger partial charge in [0.25, 0.3) is 0 Å². The molecule has 8 nitrogen and oxygen atoms in total. The first-order chi connectivity index (χ1) is 18.2. The molecule has 190 valence electrons. The smallest absolute Gasteiger partial charge is 0.162 e. The lowest BCUT2D eigenvalue weighted by atomic mass is 9.94. The van der Waals surface area contributed by atoms with Crippen LogP contribution >= 0.6 is 0 Å². The predicted molar refractivity (Wildman–Crippen MR) is 150 cm³/mol. The van der Waals surface area contributed by atoms with Crippen molar-refractivity contribution in [3.63, 3.8) is 0 Å². The second kappa shape index (κ2) is 9.94. The summed E-state index contributed by atoms with van der Waals surface area (Å²) in [5.41, 5.74) is 14.4. The Hall–Kier alpha value is -3.78. The second-order valence-electron chi connectivity index (χ2n) is 10.2. The lowest BCUT2D eigenvalue weighted by Crippen LogP contribution is -2.44. The molecule has 0 radical (unpaired) electrons. The van der Waals surface area contributed by atoms with Crippen molar-refractivity contribution >= 4 is 28.5 Å². The molecule has 3 fully saturated rings. The number of anilines is 1. The van der Waals surface area contributed by atoms with E-state index in [1.165, 1.54) is 30.2 Å². The zero-order chi connectivity index (χ0) is 25.4. The van der Waals surface area contributed by atoms with Gasteiger partial charge in [-0.25, -0.2) is 9.97 Å². The fraction of sp³-hybridized carbons (Fsp3) is 0.379. The Balaban J connectivity index is 1.48. The van der Waals surface area contributed by atoms with Crippen LogP contribution in [-0.2, 0) is 0 Å². The molecular weight excluding hydrogens is 460 g/mol. The Labute approximate surface area is 217 Å². The summed E-state index contributed by atoms with van der Waals surface area (Å²) in [5, 5.41) is 9.11. The van der Waals surface area contributed by atoms with Crippen molar-refractivity contribution in [2.24, 2.45) is 16.8 Å².